The number of pyridine rings is 1. The summed E-state index contributed by atoms with van der Waals surface area (Å²) in [5.74, 6) is 1.03. The van der Waals surface area contributed by atoms with Crippen molar-refractivity contribution in [3.8, 4) is 6.07 Å². The quantitative estimate of drug-likeness (QED) is 0.485. The molecule has 6 heteroatoms. The van der Waals surface area contributed by atoms with Crippen LogP contribution in [-0.2, 0) is 11.2 Å². The molecule has 2 aromatic carbocycles. The molecule has 1 aliphatic rings. The minimum Gasteiger partial charge on any atom is -0.379 e. The van der Waals surface area contributed by atoms with Gasteiger partial charge >= 0.3 is 0 Å². The number of para-hydroxylation sites is 2. The third kappa shape index (κ3) is 4.18. The molecule has 4 aromatic rings. The molecule has 1 N–H and O–H groups in total. The molecule has 5 rings (SSSR count). The Morgan fingerprint density at radius 1 is 1.06 bits per heavy atom. The maximum Gasteiger partial charge on any atom is 0.157 e. The van der Waals surface area contributed by atoms with Crippen LogP contribution in [0.3, 0.4) is 0 Å². The van der Waals surface area contributed by atoms with Crippen molar-refractivity contribution < 1.29 is 4.74 Å². The van der Waals surface area contributed by atoms with Crippen molar-refractivity contribution in [2.75, 3.05) is 44.7 Å². The molecule has 1 aliphatic heterocycles. The van der Waals surface area contributed by atoms with Gasteiger partial charge in [0.25, 0.3) is 0 Å². The predicted molar refractivity (Wildman–Crippen MR) is 132 cm³/mol. The van der Waals surface area contributed by atoms with Gasteiger partial charge in [0.2, 0.25) is 0 Å². The highest BCUT2D eigenvalue weighted by Gasteiger charge is 2.21. The number of aryl methyl sites for hydroxylation is 1. The van der Waals surface area contributed by atoms with Crippen LogP contribution in [0.5, 0.6) is 0 Å². The summed E-state index contributed by atoms with van der Waals surface area (Å²) >= 11 is 0. The van der Waals surface area contributed by atoms with E-state index in [2.05, 4.69) is 64.9 Å². The second kappa shape index (κ2) is 9.22. The first-order valence-electron chi connectivity index (χ1n) is 11.6. The average Bonchev–Trinajstić information content (AvgIpc) is 3.22. The van der Waals surface area contributed by atoms with E-state index >= 15 is 0 Å². The Labute approximate surface area is 194 Å². The van der Waals surface area contributed by atoms with Gasteiger partial charge in [-0.05, 0) is 37.1 Å². The Bertz CT molecular complexity index is 1330. The van der Waals surface area contributed by atoms with E-state index in [0.29, 0.717) is 5.56 Å². The Morgan fingerprint density at radius 2 is 1.82 bits per heavy atom. The number of ether oxygens (including phenoxy) is 1. The number of hydrogen-bond donors (Lipinski definition) is 1. The van der Waals surface area contributed by atoms with Gasteiger partial charge < -0.3 is 10.1 Å². The standard InChI is InChI=1S/C27H29N5O/c1-19-7-9-21(10-8-19)17-22-20(2)23(18-28)27-30-24-5-3-4-6-25(24)32(27)26(22)29-11-12-31-13-15-33-16-14-31/h3-10,29H,11-17H2,1-2H3. The largest absolute Gasteiger partial charge is 0.379 e. The van der Waals surface area contributed by atoms with E-state index in [1.807, 2.05) is 18.2 Å². The van der Waals surface area contributed by atoms with Gasteiger partial charge in [-0.1, -0.05) is 42.0 Å². The molecule has 0 spiro atoms. The predicted octanol–water partition coefficient (Wildman–Crippen LogP) is 4.31. The monoisotopic (exact) mass is 439 g/mol. The molecule has 0 saturated carbocycles. The molecule has 168 valence electrons. The zero-order valence-corrected chi connectivity index (χ0v) is 19.3. The van der Waals surface area contributed by atoms with Crippen LogP contribution >= 0.6 is 0 Å². The van der Waals surface area contributed by atoms with Crippen molar-refractivity contribution in [1.82, 2.24) is 14.3 Å². The van der Waals surface area contributed by atoms with Crippen molar-refractivity contribution in [2.24, 2.45) is 0 Å². The van der Waals surface area contributed by atoms with E-state index in [9.17, 15) is 5.26 Å². The highest BCUT2D eigenvalue weighted by Crippen LogP contribution is 2.32. The van der Waals surface area contributed by atoms with E-state index in [0.717, 1.165) is 79.4 Å². The fourth-order valence-corrected chi connectivity index (χ4v) is 4.65. The fraction of sp³-hybridized carbons (Fsp3) is 0.333. The topological polar surface area (TPSA) is 65.6 Å². The lowest BCUT2D eigenvalue weighted by molar-refractivity contribution is 0.0398. The van der Waals surface area contributed by atoms with Crippen LogP contribution in [-0.4, -0.2) is 53.7 Å². The molecule has 0 aliphatic carbocycles. The molecule has 3 heterocycles. The highest BCUT2D eigenvalue weighted by molar-refractivity contribution is 5.86. The first kappa shape index (κ1) is 21.4. The number of nitriles is 1. The highest BCUT2D eigenvalue weighted by atomic mass is 16.5. The van der Waals surface area contributed by atoms with Gasteiger partial charge in [0.15, 0.2) is 5.65 Å². The first-order chi connectivity index (χ1) is 16.2. The molecule has 33 heavy (non-hydrogen) atoms. The molecular formula is C27H29N5O. The summed E-state index contributed by atoms with van der Waals surface area (Å²) < 4.78 is 7.63. The van der Waals surface area contributed by atoms with E-state index in [1.54, 1.807) is 0 Å². The van der Waals surface area contributed by atoms with Crippen molar-refractivity contribution in [2.45, 2.75) is 20.3 Å². The van der Waals surface area contributed by atoms with Gasteiger partial charge in [0.05, 0.1) is 29.8 Å². The van der Waals surface area contributed by atoms with Gasteiger partial charge in [0, 0.05) is 38.2 Å². The molecule has 0 radical (unpaired) electrons. The number of anilines is 1. The summed E-state index contributed by atoms with van der Waals surface area (Å²) in [4.78, 5) is 7.27. The van der Waals surface area contributed by atoms with E-state index < -0.39 is 0 Å². The van der Waals surface area contributed by atoms with Gasteiger partial charge in [-0.15, -0.1) is 0 Å². The van der Waals surface area contributed by atoms with Gasteiger partial charge in [-0.3, -0.25) is 9.30 Å². The van der Waals surface area contributed by atoms with Gasteiger partial charge in [0.1, 0.15) is 11.9 Å². The van der Waals surface area contributed by atoms with Crippen molar-refractivity contribution >= 4 is 22.5 Å². The summed E-state index contributed by atoms with van der Waals surface area (Å²) in [6, 6.07) is 19.2. The van der Waals surface area contributed by atoms with Crippen molar-refractivity contribution in [3.63, 3.8) is 0 Å². The van der Waals surface area contributed by atoms with Crippen molar-refractivity contribution in [3.05, 3.63) is 76.3 Å². The van der Waals surface area contributed by atoms with E-state index in [1.165, 1.54) is 11.1 Å². The minimum absolute atomic E-state index is 0.645. The lowest BCUT2D eigenvalue weighted by Gasteiger charge is -2.27. The number of aromatic nitrogens is 2. The van der Waals surface area contributed by atoms with Crippen LogP contribution in [0.25, 0.3) is 16.7 Å². The second-order valence-electron chi connectivity index (χ2n) is 8.74. The smallest absolute Gasteiger partial charge is 0.157 e. The van der Waals surface area contributed by atoms with Crippen LogP contribution in [0.15, 0.2) is 48.5 Å². The van der Waals surface area contributed by atoms with Crippen LogP contribution in [0.4, 0.5) is 5.82 Å². The number of nitrogens with zero attached hydrogens (tertiary/aromatic N) is 4. The molecule has 0 atom stereocenters. The van der Waals surface area contributed by atoms with E-state index in [4.69, 9.17) is 9.72 Å². The summed E-state index contributed by atoms with van der Waals surface area (Å²) in [6.45, 7) is 9.44. The van der Waals surface area contributed by atoms with Gasteiger partial charge in [-0.25, -0.2) is 4.98 Å². The zero-order valence-electron chi connectivity index (χ0n) is 19.3. The Kier molecular flexibility index (Phi) is 5.99. The molecular weight excluding hydrogens is 410 g/mol. The molecule has 2 aromatic heterocycles. The average molecular weight is 440 g/mol. The molecule has 0 bridgehead atoms. The van der Waals surface area contributed by atoms with Crippen LogP contribution in [0, 0.1) is 25.2 Å². The maximum atomic E-state index is 10.1. The number of imidazole rings is 1. The second-order valence-corrected chi connectivity index (χ2v) is 8.74. The van der Waals surface area contributed by atoms with Crippen LogP contribution in [0.2, 0.25) is 0 Å². The number of nitrogens with one attached hydrogen (secondary N) is 1. The van der Waals surface area contributed by atoms with E-state index in [-0.39, 0.29) is 0 Å². The molecule has 0 amide bonds. The van der Waals surface area contributed by atoms with Crippen LogP contribution < -0.4 is 5.32 Å². The molecule has 1 fully saturated rings. The Balaban J connectivity index is 1.62. The summed E-state index contributed by atoms with van der Waals surface area (Å²) in [5.41, 5.74) is 7.90. The number of rotatable bonds is 6. The van der Waals surface area contributed by atoms with Gasteiger partial charge in [-0.2, -0.15) is 5.26 Å². The molecule has 1 saturated heterocycles. The first-order valence-corrected chi connectivity index (χ1v) is 11.6. The maximum absolute atomic E-state index is 10.1. The number of hydrogen-bond acceptors (Lipinski definition) is 5. The summed E-state index contributed by atoms with van der Waals surface area (Å²) in [7, 11) is 0. The lowest BCUT2D eigenvalue weighted by Crippen LogP contribution is -2.39. The Morgan fingerprint density at radius 3 is 2.58 bits per heavy atom. The zero-order chi connectivity index (χ0) is 22.8. The number of morpholine rings is 1. The fourth-order valence-electron chi connectivity index (χ4n) is 4.65. The number of benzene rings is 2. The SMILES string of the molecule is Cc1ccc(Cc2c(C)c(C#N)c3nc4ccccc4n3c2NCCN2CCOCC2)cc1. The third-order valence-electron chi connectivity index (χ3n) is 6.56. The normalized spacial score (nSPS) is 14.6. The minimum atomic E-state index is 0.645. The summed E-state index contributed by atoms with van der Waals surface area (Å²) in [5, 5.41) is 13.8. The van der Waals surface area contributed by atoms with Crippen molar-refractivity contribution in [1.29, 1.82) is 5.26 Å². The molecule has 0 unspecified atom stereocenters. The summed E-state index contributed by atoms with van der Waals surface area (Å²) in [6.07, 6.45) is 0.753. The van der Waals surface area contributed by atoms with Crippen LogP contribution in [0.1, 0.15) is 27.8 Å². The number of fused-ring (bicyclic) bond motifs is 3. The Hall–Kier alpha value is -3.40. The third-order valence-corrected chi connectivity index (χ3v) is 6.56. The lowest BCUT2D eigenvalue weighted by atomic mass is 9.97. The molecule has 6 nitrogen and oxygen atoms in total.